The highest BCUT2D eigenvalue weighted by Crippen LogP contribution is 2.22. The van der Waals surface area contributed by atoms with Crippen molar-refractivity contribution in [2.75, 3.05) is 11.9 Å². The van der Waals surface area contributed by atoms with Gasteiger partial charge in [-0.3, -0.25) is 14.6 Å². The average Bonchev–Trinajstić information content (AvgIpc) is 3.14. The van der Waals surface area contributed by atoms with Crippen molar-refractivity contribution in [3.05, 3.63) is 59.0 Å². The number of anilines is 1. The molecule has 0 saturated heterocycles. The van der Waals surface area contributed by atoms with Crippen molar-refractivity contribution in [2.45, 2.75) is 12.8 Å². The summed E-state index contributed by atoms with van der Waals surface area (Å²) in [5, 5.41) is 9.10. The fourth-order valence-corrected chi connectivity index (χ4v) is 3.20. The first kappa shape index (κ1) is 16.1. The van der Waals surface area contributed by atoms with Crippen molar-refractivity contribution in [1.82, 2.24) is 10.3 Å². The van der Waals surface area contributed by atoms with Gasteiger partial charge < -0.3 is 10.6 Å². The highest BCUT2D eigenvalue weighted by atomic mass is 32.1. The first-order valence-electron chi connectivity index (χ1n) is 7.60. The van der Waals surface area contributed by atoms with Crippen molar-refractivity contribution in [2.24, 2.45) is 0 Å². The molecule has 2 amide bonds. The van der Waals surface area contributed by atoms with Crippen molar-refractivity contribution < 1.29 is 9.59 Å². The van der Waals surface area contributed by atoms with E-state index in [2.05, 4.69) is 15.6 Å². The van der Waals surface area contributed by atoms with Gasteiger partial charge in [-0.2, -0.15) is 0 Å². The summed E-state index contributed by atoms with van der Waals surface area (Å²) >= 11 is 1.64. The zero-order valence-corrected chi connectivity index (χ0v) is 14.0. The van der Waals surface area contributed by atoms with E-state index in [1.165, 1.54) is 4.88 Å². The molecule has 0 aliphatic heterocycles. The average molecular weight is 339 g/mol. The number of carbonyl (C=O) groups is 2. The van der Waals surface area contributed by atoms with Crippen LogP contribution in [-0.2, 0) is 9.59 Å². The fourth-order valence-electron chi connectivity index (χ4n) is 2.41. The van der Waals surface area contributed by atoms with E-state index in [-0.39, 0.29) is 5.92 Å². The summed E-state index contributed by atoms with van der Waals surface area (Å²) in [6.45, 7) is 2.44. The molecule has 2 aromatic heterocycles. The number of pyridine rings is 1. The quantitative estimate of drug-likeness (QED) is 0.717. The van der Waals surface area contributed by atoms with E-state index >= 15 is 0 Å². The first-order chi connectivity index (χ1) is 11.6. The molecule has 2 heterocycles. The molecular formula is C18H17N3O2S. The molecule has 3 rings (SSSR count). The molecule has 1 atom stereocenters. The molecule has 0 aliphatic carbocycles. The van der Waals surface area contributed by atoms with Crippen molar-refractivity contribution >= 4 is 39.6 Å². The minimum Gasteiger partial charge on any atom is -0.347 e. The highest BCUT2D eigenvalue weighted by Gasteiger charge is 2.16. The zero-order chi connectivity index (χ0) is 16.9. The Balaban J connectivity index is 1.62. The van der Waals surface area contributed by atoms with Gasteiger partial charge in [0.05, 0.1) is 0 Å². The van der Waals surface area contributed by atoms with Crippen LogP contribution in [0.1, 0.15) is 17.7 Å². The lowest BCUT2D eigenvalue weighted by Gasteiger charge is -2.12. The Hall–Kier alpha value is -2.73. The van der Waals surface area contributed by atoms with E-state index in [9.17, 15) is 9.59 Å². The van der Waals surface area contributed by atoms with Gasteiger partial charge >= 0.3 is 11.8 Å². The van der Waals surface area contributed by atoms with Crippen LogP contribution in [0.5, 0.6) is 0 Å². The molecule has 0 bridgehead atoms. The maximum Gasteiger partial charge on any atom is 0.313 e. The van der Waals surface area contributed by atoms with Crippen LogP contribution in [-0.4, -0.2) is 23.3 Å². The lowest BCUT2D eigenvalue weighted by molar-refractivity contribution is -0.136. The second-order valence-corrected chi connectivity index (χ2v) is 6.46. The van der Waals surface area contributed by atoms with Gasteiger partial charge in [-0.15, -0.1) is 11.3 Å². The van der Waals surface area contributed by atoms with Gasteiger partial charge in [0.25, 0.3) is 0 Å². The molecule has 0 radical (unpaired) electrons. The van der Waals surface area contributed by atoms with Crippen molar-refractivity contribution in [1.29, 1.82) is 0 Å². The van der Waals surface area contributed by atoms with Crippen LogP contribution in [0, 0.1) is 0 Å². The van der Waals surface area contributed by atoms with Crippen LogP contribution in [0.3, 0.4) is 0 Å². The molecule has 0 aliphatic rings. The standard InChI is InChI=1S/C18H17N3O2S/c1-12(16-6-3-9-24-16)10-20-17(22)18(23)21-15-5-2-4-13-11-19-8-7-14(13)15/h2-9,11-12H,10H2,1H3,(H,20,22)(H,21,23)/t12-/m0/s1. The minimum absolute atomic E-state index is 0.172. The predicted octanol–water partition coefficient (Wildman–Crippen LogP) is 3.15. The molecule has 1 aromatic carbocycles. The summed E-state index contributed by atoms with van der Waals surface area (Å²) in [5.74, 6) is -1.13. The van der Waals surface area contributed by atoms with E-state index in [4.69, 9.17) is 0 Å². The summed E-state index contributed by atoms with van der Waals surface area (Å²) in [6, 6.07) is 11.3. The Morgan fingerprint density at radius 2 is 2.04 bits per heavy atom. The summed E-state index contributed by atoms with van der Waals surface area (Å²) in [5.41, 5.74) is 0.598. The second kappa shape index (κ2) is 7.23. The van der Waals surface area contributed by atoms with Crippen LogP contribution in [0.4, 0.5) is 5.69 Å². The third-order valence-corrected chi connectivity index (χ3v) is 4.84. The molecule has 6 heteroatoms. The van der Waals surface area contributed by atoms with Crippen LogP contribution in [0.2, 0.25) is 0 Å². The summed E-state index contributed by atoms with van der Waals surface area (Å²) in [6.07, 6.45) is 3.37. The lowest BCUT2D eigenvalue weighted by atomic mass is 10.1. The monoisotopic (exact) mass is 339 g/mol. The smallest absolute Gasteiger partial charge is 0.313 e. The number of nitrogens with zero attached hydrogens (tertiary/aromatic N) is 1. The Morgan fingerprint density at radius 1 is 1.17 bits per heavy atom. The van der Waals surface area contributed by atoms with E-state index in [1.807, 2.05) is 42.6 Å². The van der Waals surface area contributed by atoms with Gasteiger partial charge in [-0.25, -0.2) is 0 Å². The first-order valence-corrected chi connectivity index (χ1v) is 8.48. The second-order valence-electron chi connectivity index (χ2n) is 5.48. The molecule has 0 spiro atoms. The highest BCUT2D eigenvalue weighted by molar-refractivity contribution is 7.10. The van der Waals surface area contributed by atoms with Gasteiger partial charge in [-0.1, -0.05) is 25.1 Å². The molecule has 0 fully saturated rings. The number of benzene rings is 1. The van der Waals surface area contributed by atoms with E-state index in [1.54, 1.807) is 29.8 Å². The number of aromatic nitrogens is 1. The molecule has 5 nitrogen and oxygen atoms in total. The van der Waals surface area contributed by atoms with Crippen molar-refractivity contribution in [3.63, 3.8) is 0 Å². The Kier molecular flexibility index (Phi) is 4.86. The van der Waals surface area contributed by atoms with Gasteiger partial charge in [-0.05, 0) is 23.6 Å². The minimum atomic E-state index is -0.669. The molecule has 122 valence electrons. The van der Waals surface area contributed by atoms with E-state index in [0.717, 1.165) is 10.8 Å². The van der Waals surface area contributed by atoms with Gasteiger partial charge in [0.1, 0.15) is 0 Å². The van der Waals surface area contributed by atoms with Crippen molar-refractivity contribution in [3.8, 4) is 0 Å². The number of hydrogen-bond acceptors (Lipinski definition) is 4. The number of amides is 2. The third-order valence-electron chi connectivity index (χ3n) is 3.73. The maximum absolute atomic E-state index is 12.1. The largest absolute Gasteiger partial charge is 0.347 e. The SMILES string of the molecule is C[C@@H](CNC(=O)C(=O)Nc1cccc2cnccc12)c1cccs1. The maximum atomic E-state index is 12.1. The number of nitrogens with one attached hydrogen (secondary N) is 2. The third kappa shape index (κ3) is 3.60. The number of fused-ring (bicyclic) bond motifs is 1. The fraction of sp³-hybridized carbons (Fsp3) is 0.167. The summed E-state index contributed by atoms with van der Waals surface area (Å²) < 4.78 is 0. The van der Waals surface area contributed by atoms with E-state index < -0.39 is 11.8 Å². The van der Waals surface area contributed by atoms with Gasteiger partial charge in [0.2, 0.25) is 0 Å². The normalized spacial score (nSPS) is 11.9. The molecular weight excluding hydrogens is 322 g/mol. The number of carbonyl (C=O) groups excluding carboxylic acids is 2. The number of rotatable bonds is 4. The van der Waals surface area contributed by atoms with Crippen LogP contribution >= 0.6 is 11.3 Å². The van der Waals surface area contributed by atoms with E-state index in [0.29, 0.717) is 12.2 Å². The molecule has 0 unspecified atom stereocenters. The number of hydrogen-bond donors (Lipinski definition) is 2. The predicted molar refractivity (Wildman–Crippen MR) is 96.1 cm³/mol. The summed E-state index contributed by atoms with van der Waals surface area (Å²) in [7, 11) is 0. The van der Waals surface area contributed by atoms with Crippen LogP contribution in [0.15, 0.2) is 54.2 Å². The molecule has 24 heavy (non-hydrogen) atoms. The van der Waals surface area contributed by atoms with Crippen LogP contribution < -0.4 is 10.6 Å². The van der Waals surface area contributed by atoms with Crippen LogP contribution in [0.25, 0.3) is 10.8 Å². The topological polar surface area (TPSA) is 71.1 Å². The zero-order valence-electron chi connectivity index (χ0n) is 13.2. The molecule has 0 saturated carbocycles. The molecule has 2 N–H and O–H groups in total. The summed E-state index contributed by atoms with van der Waals surface area (Å²) in [4.78, 5) is 29.4. The Bertz CT molecular complexity index is 856. The van der Waals surface area contributed by atoms with Gasteiger partial charge in [0, 0.05) is 46.2 Å². The Labute approximate surface area is 143 Å². The Morgan fingerprint density at radius 3 is 2.83 bits per heavy atom. The molecule has 3 aromatic rings. The lowest BCUT2D eigenvalue weighted by Crippen LogP contribution is -2.37. The number of thiophene rings is 1. The van der Waals surface area contributed by atoms with Gasteiger partial charge in [0.15, 0.2) is 0 Å².